The van der Waals surface area contributed by atoms with Crippen molar-refractivity contribution in [3.63, 3.8) is 0 Å². The van der Waals surface area contributed by atoms with Crippen LogP contribution in [0, 0.1) is 9.49 Å². The van der Waals surface area contributed by atoms with Crippen molar-refractivity contribution in [1.29, 1.82) is 0 Å². The molecule has 0 radical (unpaired) electrons. The van der Waals surface area contributed by atoms with Crippen LogP contribution in [-0.4, -0.2) is 37.6 Å². The third-order valence-electron chi connectivity index (χ3n) is 3.24. The highest BCUT2D eigenvalue weighted by atomic mass is 127. The summed E-state index contributed by atoms with van der Waals surface area (Å²) >= 11 is 2.21. The number of carbonyl (C=O) groups excluding carboxylic acids is 1. The molecule has 0 aliphatic carbocycles. The SMILES string of the molecule is CN(CC1CCCOC1)C(=O)c1ccccc1I. The Morgan fingerprint density at radius 1 is 1.50 bits per heavy atom. The first-order chi connectivity index (χ1) is 8.68. The van der Waals surface area contributed by atoms with E-state index in [1.54, 1.807) is 0 Å². The van der Waals surface area contributed by atoms with Gasteiger partial charge in [0.15, 0.2) is 0 Å². The molecule has 0 spiro atoms. The zero-order valence-electron chi connectivity index (χ0n) is 10.6. The van der Waals surface area contributed by atoms with E-state index < -0.39 is 0 Å². The van der Waals surface area contributed by atoms with Gasteiger partial charge in [0.25, 0.3) is 5.91 Å². The van der Waals surface area contributed by atoms with Crippen molar-refractivity contribution >= 4 is 28.5 Å². The highest BCUT2D eigenvalue weighted by molar-refractivity contribution is 14.1. The van der Waals surface area contributed by atoms with Crippen LogP contribution in [0.1, 0.15) is 23.2 Å². The Morgan fingerprint density at radius 2 is 2.28 bits per heavy atom. The van der Waals surface area contributed by atoms with Crippen LogP contribution < -0.4 is 0 Å². The van der Waals surface area contributed by atoms with Gasteiger partial charge in [-0.1, -0.05) is 12.1 Å². The molecule has 1 amide bonds. The normalized spacial score (nSPS) is 19.6. The molecule has 0 bridgehead atoms. The van der Waals surface area contributed by atoms with E-state index in [9.17, 15) is 4.79 Å². The lowest BCUT2D eigenvalue weighted by molar-refractivity contribution is 0.0388. The van der Waals surface area contributed by atoms with Crippen LogP contribution in [0.5, 0.6) is 0 Å². The molecule has 1 aliphatic rings. The molecule has 1 fully saturated rings. The third-order valence-corrected chi connectivity index (χ3v) is 4.18. The van der Waals surface area contributed by atoms with Gasteiger partial charge in [-0.15, -0.1) is 0 Å². The van der Waals surface area contributed by atoms with Gasteiger partial charge in [0.1, 0.15) is 0 Å². The number of hydrogen-bond donors (Lipinski definition) is 0. The lowest BCUT2D eigenvalue weighted by Gasteiger charge is -2.27. The predicted octanol–water partition coefficient (Wildman–Crippen LogP) is 2.79. The van der Waals surface area contributed by atoms with E-state index >= 15 is 0 Å². The maximum atomic E-state index is 12.3. The molecular formula is C14H18INO2. The van der Waals surface area contributed by atoms with Gasteiger partial charge in [0.2, 0.25) is 0 Å². The van der Waals surface area contributed by atoms with Crippen LogP contribution in [0.15, 0.2) is 24.3 Å². The van der Waals surface area contributed by atoms with Gasteiger partial charge >= 0.3 is 0 Å². The predicted molar refractivity (Wildman–Crippen MR) is 79.7 cm³/mol. The van der Waals surface area contributed by atoms with Gasteiger partial charge in [-0.25, -0.2) is 0 Å². The van der Waals surface area contributed by atoms with Crippen molar-refractivity contribution in [2.75, 3.05) is 26.8 Å². The second kappa shape index (κ2) is 6.52. The van der Waals surface area contributed by atoms with E-state index in [4.69, 9.17) is 4.74 Å². The van der Waals surface area contributed by atoms with E-state index in [-0.39, 0.29) is 5.91 Å². The Kier molecular flexibility index (Phi) is 5.00. The van der Waals surface area contributed by atoms with Gasteiger partial charge in [-0.2, -0.15) is 0 Å². The second-order valence-electron chi connectivity index (χ2n) is 4.75. The van der Waals surface area contributed by atoms with Gasteiger partial charge in [-0.05, 0) is 53.5 Å². The van der Waals surface area contributed by atoms with Crippen LogP contribution in [-0.2, 0) is 4.74 Å². The molecule has 98 valence electrons. The molecule has 0 N–H and O–H groups in total. The lowest BCUT2D eigenvalue weighted by Crippen LogP contribution is -2.35. The number of nitrogens with zero attached hydrogens (tertiary/aromatic N) is 1. The van der Waals surface area contributed by atoms with Gasteiger partial charge < -0.3 is 9.64 Å². The summed E-state index contributed by atoms with van der Waals surface area (Å²) in [5.41, 5.74) is 0.789. The fourth-order valence-corrected chi connectivity index (χ4v) is 2.88. The summed E-state index contributed by atoms with van der Waals surface area (Å²) in [6.45, 7) is 2.43. The summed E-state index contributed by atoms with van der Waals surface area (Å²) < 4.78 is 6.46. The molecule has 4 heteroatoms. The van der Waals surface area contributed by atoms with Crippen molar-refractivity contribution in [2.24, 2.45) is 5.92 Å². The van der Waals surface area contributed by atoms with Crippen LogP contribution in [0.2, 0.25) is 0 Å². The molecule has 18 heavy (non-hydrogen) atoms. The average Bonchev–Trinajstić information content (AvgIpc) is 2.39. The quantitative estimate of drug-likeness (QED) is 0.777. The molecule has 1 aliphatic heterocycles. The second-order valence-corrected chi connectivity index (χ2v) is 5.91. The summed E-state index contributed by atoms with van der Waals surface area (Å²) in [4.78, 5) is 14.1. The number of halogens is 1. The zero-order valence-corrected chi connectivity index (χ0v) is 12.7. The molecule has 1 unspecified atom stereocenters. The van der Waals surface area contributed by atoms with Gasteiger partial charge in [-0.3, -0.25) is 4.79 Å². The minimum Gasteiger partial charge on any atom is -0.381 e. The number of hydrogen-bond acceptors (Lipinski definition) is 2. The fourth-order valence-electron chi connectivity index (χ4n) is 2.26. The minimum absolute atomic E-state index is 0.102. The lowest BCUT2D eigenvalue weighted by atomic mass is 10.0. The van der Waals surface area contributed by atoms with Gasteiger partial charge in [0.05, 0.1) is 12.2 Å². The molecule has 1 aromatic rings. The maximum absolute atomic E-state index is 12.3. The molecule has 1 heterocycles. The first-order valence-electron chi connectivity index (χ1n) is 6.26. The van der Waals surface area contributed by atoms with Crippen LogP contribution in [0.4, 0.5) is 0 Å². The maximum Gasteiger partial charge on any atom is 0.254 e. The topological polar surface area (TPSA) is 29.5 Å². The summed E-state index contributed by atoms with van der Waals surface area (Å²) in [6.07, 6.45) is 2.26. The van der Waals surface area contributed by atoms with Crippen LogP contribution in [0.3, 0.4) is 0 Å². The average molecular weight is 359 g/mol. The molecule has 0 saturated carbocycles. The van der Waals surface area contributed by atoms with Crippen molar-refractivity contribution in [3.05, 3.63) is 33.4 Å². The van der Waals surface area contributed by atoms with Gasteiger partial charge in [0, 0.05) is 23.8 Å². The van der Waals surface area contributed by atoms with E-state index in [1.165, 1.54) is 0 Å². The standard InChI is InChI=1S/C14H18INO2/c1-16(9-11-5-4-8-18-10-11)14(17)12-6-2-3-7-13(12)15/h2-3,6-7,11H,4-5,8-10H2,1H3. The smallest absolute Gasteiger partial charge is 0.254 e. The number of benzene rings is 1. The Hall–Kier alpha value is -0.620. The Morgan fingerprint density at radius 3 is 2.94 bits per heavy atom. The van der Waals surface area contributed by atoms with E-state index in [0.29, 0.717) is 5.92 Å². The third kappa shape index (κ3) is 3.45. The van der Waals surface area contributed by atoms with E-state index in [1.807, 2.05) is 36.2 Å². The van der Waals surface area contributed by atoms with Crippen LogP contribution in [0.25, 0.3) is 0 Å². The highest BCUT2D eigenvalue weighted by Crippen LogP contribution is 2.17. The number of amides is 1. The molecule has 1 saturated heterocycles. The summed E-state index contributed by atoms with van der Waals surface area (Å²) in [6, 6.07) is 7.71. The fraction of sp³-hybridized carbons (Fsp3) is 0.500. The highest BCUT2D eigenvalue weighted by Gasteiger charge is 2.20. The first kappa shape index (κ1) is 13.8. The Labute approximate surface area is 122 Å². The molecule has 1 aromatic carbocycles. The molecule has 2 rings (SSSR count). The number of ether oxygens (including phenoxy) is 1. The van der Waals surface area contributed by atoms with Crippen LogP contribution >= 0.6 is 22.6 Å². The number of carbonyl (C=O) groups is 1. The van der Waals surface area contributed by atoms with Crippen molar-refractivity contribution in [1.82, 2.24) is 4.90 Å². The molecule has 3 nitrogen and oxygen atoms in total. The van der Waals surface area contributed by atoms with Crippen molar-refractivity contribution < 1.29 is 9.53 Å². The van der Waals surface area contributed by atoms with E-state index in [2.05, 4.69) is 22.6 Å². The largest absolute Gasteiger partial charge is 0.381 e. The molecule has 0 aromatic heterocycles. The first-order valence-corrected chi connectivity index (χ1v) is 7.34. The minimum atomic E-state index is 0.102. The van der Waals surface area contributed by atoms with Crippen molar-refractivity contribution in [3.8, 4) is 0 Å². The molecular weight excluding hydrogens is 341 g/mol. The number of rotatable bonds is 3. The van der Waals surface area contributed by atoms with E-state index in [0.717, 1.165) is 41.7 Å². The summed E-state index contributed by atoms with van der Waals surface area (Å²) in [5, 5.41) is 0. The summed E-state index contributed by atoms with van der Waals surface area (Å²) in [7, 11) is 1.88. The zero-order chi connectivity index (χ0) is 13.0. The van der Waals surface area contributed by atoms with Crippen molar-refractivity contribution in [2.45, 2.75) is 12.8 Å². The molecule has 1 atom stereocenters. The Balaban J connectivity index is 1.98. The monoisotopic (exact) mass is 359 g/mol. The Bertz CT molecular complexity index is 416. The summed E-state index contributed by atoms with van der Waals surface area (Å²) in [5.74, 6) is 0.583.